The Kier molecular flexibility index (Phi) is 11.2. The molecule has 3 rings (SSSR count). The van der Waals surface area contributed by atoms with Gasteiger partial charge in [0, 0.05) is 6.92 Å². The van der Waals surface area contributed by atoms with E-state index in [1.165, 1.54) is 6.92 Å². The number of amides is 1. The van der Waals surface area contributed by atoms with Gasteiger partial charge in [-0.25, -0.2) is 13.2 Å². The average Bonchev–Trinajstić information content (AvgIpc) is 3.31. The summed E-state index contributed by atoms with van der Waals surface area (Å²) in [6.07, 6.45) is -1.78. The largest absolute Gasteiger partial charge is 0.458 e. The van der Waals surface area contributed by atoms with Crippen molar-refractivity contribution in [3.63, 3.8) is 0 Å². The molecule has 236 valence electrons. The molecule has 0 aromatic heterocycles. The van der Waals surface area contributed by atoms with E-state index in [2.05, 4.69) is 5.32 Å². The van der Waals surface area contributed by atoms with Gasteiger partial charge in [-0.05, 0) is 53.0 Å². The van der Waals surface area contributed by atoms with E-state index in [1.54, 1.807) is 46.8 Å². The molecule has 2 heterocycles. The predicted octanol–water partition coefficient (Wildman–Crippen LogP) is 3.08. The van der Waals surface area contributed by atoms with Crippen LogP contribution < -0.4 is 5.32 Å². The number of hydrogen-bond donors (Lipinski definition) is 1. The summed E-state index contributed by atoms with van der Waals surface area (Å²) >= 11 is 0. The number of esters is 2. The Balaban J connectivity index is 1.80. The van der Waals surface area contributed by atoms with Gasteiger partial charge in [-0.1, -0.05) is 50.1 Å². The molecule has 6 atom stereocenters. The lowest BCUT2D eigenvalue weighted by Crippen LogP contribution is -2.48. The highest BCUT2D eigenvalue weighted by atomic mass is 32.2. The van der Waals surface area contributed by atoms with E-state index in [9.17, 15) is 22.8 Å². The SMILES string of the molecule is CCCC[C@H](NC(=O)[C@H](Cc1ccccc1)CS(=O)(=O)C[C@H]1O[C@@H]2OC(C)(C)O[C@@H]2[C@@H]1OC(C)=O)C(=O)OC(C)(C)C. The third kappa shape index (κ3) is 10.0. The van der Waals surface area contributed by atoms with Crippen LogP contribution >= 0.6 is 0 Å². The molecule has 2 fully saturated rings. The lowest BCUT2D eigenvalue weighted by Gasteiger charge is -2.27. The zero-order valence-corrected chi connectivity index (χ0v) is 26.4. The summed E-state index contributed by atoms with van der Waals surface area (Å²) in [4.78, 5) is 38.4. The van der Waals surface area contributed by atoms with Crippen LogP contribution in [0.25, 0.3) is 0 Å². The third-order valence-corrected chi connectivity index (χ3v) is 8.56. The summed E-state index contributed by atoms with van der Waals surface area (Å²) in [6, 6.07) is 8.14. The molecule has 0 spiro atoms. The maximum Gasteiger partial charge on any atom is 0.329 e. The summed E-state index contributed by atoms with van der Waals surface area (Å²) in [5.41, 5.74) is 0.0171. The summed E-state index contributed by atoms with van der Waals surface area (Å²) in [7, 11) is -3.96. The predicted molar refractivity (Wildman–Crippen MR) is 154 cm³/mol. The first kappa shape index (κ1) is 34.0. The third-order valence-electron chi connectivity index (χ3n) is 6.81. The number of rotatable bonds is 13. The summed E-state index contributed by atoms with van der Waals surface area (Å²) in [5.74, 6) is -4.77. The highest BCUT2D eigenvalue weighted by molar-refractivity contribution is 7.91. The maximum atomic E-state index is 13.6. The van der Waals surface area contributed by atoms with Gasteiger partial charge >= 0.3 is 11.9 Å². The molecule has 1 N–H and O–H groups in total. The Morgan fingerprint density at radius 3 is 2.36 bits per heavy atom. The minimum Gasteiger partial charge on any atom is -0.458 e. The lowest BCUT2D eigenvalue weighted by molar-refractivity contribution is -0.215. The number of sulfone groups is 1. The van der Waals surface area contributed by atoms with E-state index < -0.39 is 87.1 Å². The molecule has 2 saturated heterocycles. The Morgan fingerprint density at radius 2 is 1.76 bits per heavy atom. The second-order valence-electron chi connectivity index (χ2n) is 12.4. The Hall–Kier alpha value is -2.54. The van der Waals surface area contributed by atoms with Crippen LogP contribution in [0, 0.1) is 5.92 Å². The number of hydrogen-bond acceptors (Lipinski definition) is 10. The number of carbonyl (C=O) groups is 3. The van der Waals surface area contributed by atoms with E-state index in [0.717, 1.165) is 12.0 Å². The van der Waals surface area contributed by atoms with Gasteiger partial charge < -0.3 is 29.0 Å². The van der Waals surface area contributed by atoms with Gasteiger partial charge in [-0.3, -0.25) is 9.59 Å². The summed E-state index contributed by atoms with van der Waals surface area (Å²) in [6.45, 7) is 11.8. The van der Waals surface area contributed by atoms with Crippen molar-refractivity contribution in [2.24, 2.45) is 5.92 Å². The van der Waals surface area contributed by atoms with E-state index >= 15 is 0 Å². The van der Waals surface area contributed by atoms with Gasteiger partial charge in [0.2, 0.25) is 5.91 Å². The quantitative estimate of drug-likeness (QED) is 0.331. The van der Waals surface area contributed by atoms with Crippen molar-refractivity contribution in [2.45, 2.75) is 116 Å². The molecule has 2 aliphatic rings. The minimum atomic E-state index is -3.96. The van der Waals surface area contributed by atoms with E-state index in [0.29, 0.717) is 12.8 Å². The van der Waals surface area contributed by atoms with E-state index in [1.807, 2.05) is 25.1 Å². The van der Waals surface area contributed by atoms with Crippen LogP contribution in [0.15, 0.2) is 30.3 Å². The zero-order chi connectivity index (χ0) is 31.3. The normalized spacial score (nSPS) is 24.8. The molecule has 2 aliphatic heterocycles. The molecule has 0 radical (unpaired) electrons. The van der Waals surface area contributed by atoms with Crippen LogP contribution in [0.3, 0.4) is 0 Å². The van der Waals surface area contributed by atoms with Gasteiger partial charge in [0.1, 0.15) is 17.7 Å². The Morgan fingerprint density at radius 1 is 1.10 bits per heavy atom. The number of fused-ring (bicyclic) bond motifs is 1. The van der Waals surface area contributed by atoms with Gasteiger partial charge in [-0.2, -0.15) is 0 Å². The topological polar surface area (TPSA) is 144 Å². The highest BCUT2D eigenvalue weighted by Crippen LogP contribution is 2.39. The van der Waals surface area contributed by atoms with Crippen molar-refractivity contribution in [1.29, 1.82) is 0 Å². The first-order chi connectivity index (χ1) is 19.5. The number of unbranched alkanes of at least 4 members (excludes halogenated alkanes) is 1. The van der Waals surface area contributed by atoms with E-state index in [-0.39, 0.29) is 6.42 Å². The minimum absolute atomic E-state index is 0.130. The molecule has 0 aliphatic carbocycles. The number of nitrogens with one attached hydrogen (secondary N) is 1. The lowest BCUT2D eigenvalue weighted by atomic mass is 9.99. The second-order valence-corrected chi connectivity index (χ2v) is 14.6. The van der Waals surface area contributed by atoms with Crippen molar-refractivity contribution >= 4 is 27.7 Å². The van der Waals surface area contributed by atoms with E-state index in [4.69, 9.17) is 23.7 Å². The van der Waals surface area contributed by atoms with Crippen LogP contribution in [0.4, 0.5) is 0 Å². The molecule has 0 saturated carbocycles. The number of carbonyl (C=O) groups excluding carboxylic acids is 3. The Labute approximate surface area is 248 Å². The fourth-order valence-corrected chi connectivity index (χ4v) is 6.87. The van der Waals surface area contributed by atoms with Crippen molar-refractivity contribution in [1.82, 2.24) is 5.32 Å². The number of benzene rings is 1. The standard InChI is InChI=1S/C30H45NO10S/c1-8-9-15-22(27(34)40-29(3,4)5)31-26(33)21(16-20-13-11-10-12-14-20)17-42(35,36)18-23-24(37-19(2)32)25-28(38-23)41-30(6,7)39-25/h10-14,21-25,28H,8-9,15-18H2,1-7H3,(H,31,33)/t21-,22+,23-,24-,25-,28-/m1/s1. The fraction of sp³-hybridized carbons (Fsp3) is 0.700. The van der Waals surface area contributed by atoms with Crippen molar-refractivity contribution < 1.29 is 46.5 Å². The smallest absolute Gasteiger partial charge is 0.329 e. The molecule has 0 bridgehead atoms. The van der Waals surface area contributed by atoms with Crippen molar-refractivity contribution in [3.05, 3.63) is 35.9 Å². The molecule has 1 amide bonds. The average molecular weight is 612 g/mol. The van der Waals surface area contributed by atoms with Gasteiger partial charge in [-0.15, -0.1) is 0 Å². The fourth-order valence-electron chi connectivity index (χ4n) is 5.09. The maximum absolute atomic E-state index is 13.6. The van der Waals surface area contributed by atoms with Crippen LogP contribution in [0.1, 0.15) is 73.3 Å². The van der Waals surface area contributed by atoms with Crippen LogP contribution in [-0.4, -0.2) is 79.8 Å². The second kappa shape index (κ2) is 13.8. The van der Waals surface area contributed by atoms with Crippen molar-refractivity contribution in [3.8, 4) is 0 Å². The molecule has 1 aromatic rings. The number of ether oxygens (including phenoxy) is 5. The molecule has 11 nitrogen and oxygen atoms in total. The van der Waals surface area contributed by atoms with Gasteiger partial charge in [0.15, 0.2) is 34.1 Å². The first-order valence-corrected chi connectivity index (χ1v) is 16.3. The highest BCUT2D eigenvalue weighted by Gasteiger charge is 2.57. The summed E-state index contributed by atoms with van der Waals surface area (Å²) in [5, 5.41) is 2.77. The van der Waals surface area contributed by atoms with Crippen molar-refractivity contribution in [2.75, 3.05) is 11.5 Å². The molecule has 12 heteroatoms. The monoisotopic (exact) mass is 611 g/mol. The molecular formula is C30H45NO10S. The first-order valence-electron chi connectivity index (χ1n) is 14.4. The van der Waals surface area contributed by atoms with Crippen LogP contribution in [-0.2, 0) is 54.3 Å². The van der Waals surface area contributed by atoms with Gasteiger partial charge in [0.25, 0.3) is 0 Å². The molecular weight excluding hydrogens is 566 g/mol. The molecule has 42 heavy (non-hydrogen) atoms. The zero-order valence-electron chi connectivity index (χ0n) is 25.6. The van der Waals surface area contributed by atoms with Crippen LogP contribution in [0.5, 0.6) is 0 Å². The van der Waals surface area contributed by atoms with Crippen LogP contribution in [0.2, 0.25) is 0 Å². The Bertz CT molecular complexity index is 1190. The summed E-state index contributed by atoms with van der Waals surface area (Å²) < 4.78 is 55.5. The molecule has 0 unspecified atom stereocenters. The molecule has 1 aromatic carbocycles. The van der Waals surface area contributed by atoms with Gasteiger partial charge in [0.05, 0.1) is 17.4 Å².